The van der Waals surface area contributed by atoms with Crippen LogP contribution in [0.5, 0.6) is 5.75 Å². The summed E-state index contributed by atoms with van der Waals surface area (Å²) in [6.07, 6.45) is 1.30. The van der Waals surface area contributed by atoms with Crippen LogP contribution in [0.1, 0.15) is 19.4 Å². The number of aliphatic hydroxyl groups is 1. The minimum absolute atomic E-state index is 0.0247. The third-order valence-corrected chi connectivity index (χ3v) is 5.30. The van der Waals surface area contributed by atoms with Crippen LogP contribution in [-0.4, -0.2) is 80.9 Å². The lowest BCUT2D eigenvalue weighted by Gasteiger charge is -2.32. The first kappa shape index (κ1) is 22.6. The summed E-state index contributed by atoms with van der Waals surface area (Å²) in [6, 6.07) is 4.97. The molecule has 2 aromatic rings. The Balaban J connectivity index is 1.85. The summed E-state index contributed by atoms with van der Waals surface area (Å²) >= 11 is 0. The number of amides is 2. The smallest absolute Gasteiger partial charge is 0.246 e. The summed E-state index contributed by atoms with van der Waals surface area (Å²) in [5.74, 6) is 0.268. The number of likely N-dealkylation sites (N-methyl/N-ethyl adjacent to an activating group) is 1. The molecule has 0 bridgehead atoms. The number of hydrogen-bond donors (Lipinski definition) is 3. The van der Waals surface area contributed by atoms with Gasteiger partial charge in [0.1, 0.15) is 24.7 Å². The van der Waals surface area contributed by atoms with Crippen molar-refractivity contribution in [2.24, 2.45) is 5.92 Å². The number of ether oxygens (including phenoxy) is 1. The normalized spacial score (nSPS) is 20.1. The number of nitrogens with zero attached hydrogens (tertiary/aromatic N) is 5. The fourth-order valence-corrected chi connectivity index (χ4v) is 3.55. The Morgan fingerprint density at radius 2 is 2.23 bits per heavy atom. The van der Waals surface area contributed by atoms with Crippen molar-refractivity contribution >= 4 is 17.5 Å². The lowest BCUT2D eigenvalue weighted by Crippen LogP contribution is -2.47. The molecule has 0 fully saturated rings. The Labute approximate surface area is 180 Å². The molecular formula is C20H29N7O4. The monoisotopic (exact) mass is 431 g/mol. The van der Waals surface area contributed by atoms with Gasteiger partial charge in [-0.05, 0) is 42.6 Å². The number of hydrogen-bond acceptors (Lipinski definition) is 8. The van der Waals surface area contributed by atoms with E-state index < -0.39 is 0 Å². The Morgan fingerprint density at radius 3 is 2.90 bits per heavy atom. The molecule has 1 aromatic carbocycles. The van der Waals surface area contributed by atoms with Crippen LogP contribution in [0.2, 0.25) is 0 Å². The SMILES string of the molecule is CNC[C@H]1Oc2ccc(NC(=O)Cn3cnnn3)cc2CC(=O)N([C@@H](C)CO)C[C@H]1C. The van der Waals surface area contributed by atoms with E-state index in [1.165, 1.54) is 11.0 Å². The molecule has 11 nitrogen and oxygen atoms in total. The quantitative estimate of drug-likeness (QED) is 0.543. The van der Waals surface area contributed by atoms with Crippen LogP contribution in [-0.2, 0) is 22.6 Å². The molecule has 1 aliphatic rings. The molecule has 1 aromatic heterocycles. The second-order valence-corrected chi connectivity index (χ2v) is 7.82. The summed E-state index contributed by atoms with van der Waals surface area (Å²) in [7, 11) is 1.85. The van der Waals surface area contributed by atoms with E-state index in [-0.39, 0.29) is 49.5 Å². The lowest BCUT2D eigenvalue weighted by atomic mass is 10.0. The number of benzene rings is 1. The van der Waals surface area contributed by atoms with Crippen LogP contribution in [0.25, 0.3) is 0 Å². The standard InChI is InChI=1S/C20H29N7O4/c1-13-9-27(14(2)11-28)20(30)7-15-6-16(4-5-17(15)31-18(13)8-21-3)23-19(29)10-26-12-22-24-25-26/h4-6,12-14,18,21,28H,7-11H2,1-3H3,(H,23,29)/t13-,14+,18-/m1/s1. The molecular weight excluding hydrogens is 402 g/mol. The lowest BCUT2D eigenvalue weighted by molar-refractivity contribution is -0.134. The van der Waals surface area contributed by atoms with Gasteiger partial charge in [0.25, 0.3) is 0 Å². The van der Waals surface area contributed by atoms with E-state index in [9.17, 15) is 14.7 Å². The first-order valence-corrected chi connectivity index (χ1v) is 10.3. The number of fused-ring (bicyclic) bond motifs is 1. The molecule has 2 amide bonds. The number of aromatic nitrogens is 4. The van der Waals surface area contributed by atoms with E-state index >= 15 is 0 Å². The van der Waals surface area contributed by atoms with Gasteiger partial charge in [-0.1, -0.05) is 6.92 Å². The molecule has 0 unspecified atom stereocenters. The fourth-order valence-electron chi connectivity index (χ4n) is 3.55. The summed E-state index contributed by atoms with van der Waals surface area (Å²) in [5.41, 5.74) is 1.23. The summed E-state index contributed by atoms with van der Waals surface area (Å²) in [6.45, 7) is 4.81. The van der Waals surface area contributed by atoms with Gasteiger partial charge in [-0.15, -0.1) is 5.10 Å². The Kier molecular flexibility index (Phi) is 7.53. The van der Waals surface area contributed by atoms with Crippen molar-refractivity contribution in [1.82, 2.24) is 30.4 Å². The molecule has 31 heavy (non-hydrogen) atoms. The van der Waals surface area contributed by atoms with Gasteiger partial charge in [0.2, 0.25) is 11.8 Å². The number of anilines is 1. The van der Waals surface area contributed by atoms with E-state index in [2.05, 4.69) is 26.2 Å². The van der Waals surface area contributed by atoms with Gasteiger partial charge in [-0.3, -0.25) is 9.59 Å². The van der Waals surface area contributed by atoms with Crippen molar-refractivity contribution in [2.45, 2.75) is 39.0 Å². The zero-order valence-electron chi connectivity index (χ0n) is 18.0. The Bertz CT molecular complexity index is 890. The van der Waals surface area contributed by atoms with Gasteiger partial charge in [0, 0.05) is 30.3 Å². The molecule has 11 heteroatoms. The fraction of sp³-hybridized carbons (Fsp3) is 0.550. The maximum atomic E-state index is 13.1. The van der Waals surface area contributed by atoms with Gasteiger partial charge in [0.05, 0.1) is 19.1 Å². The summed E-state index contributed by atoms with van der Waals surface area (Å²) in [4.78, 5) is 27.1. The maximum Gasteiger partial charge on any atom is 0.246 e. The van der Waals surface area contributed by atoms with Crippen LogP contribution in [0.3, 0.4) is 0 Å². The average Bonchev–Trinajstić information content (AvgIpc) is 3.25. The zero-order chi connectivity index (χ0) is 22.4. The third kappa shape index (κ3) is 5.76. The highest BCUT2D eigenvalue weighted by Gasteiger charge is 2.30. The maximum absolute atomic E-state index is 13.1. The average molecular weight is 431 g/mol. The number of aliphatic hydroxyl groups excluding tert-OH is 1. The molecule has 0 saturated heterocycles. The predicted octanol–water partition coefficient (Wildman–Crippen LogP) is -0.320. The minimum Gasteiger partial charge on any atom is -0.488 e. The number of tetrazole rings is 1. The summed E-state index contributed by atoms with van der Waals surface area (Å²) < 4.78 is 7.59. The molecule has 1 aliphatic heterocycles. The molecule has 0 aliphatic carbocycles. The van der Waals surface area contributed by atoms with E-state index in [1.54, 1.807) is 23.1 Å². The van der Waals surface area contributed by atoms with Crippen molar-refractivity contribution in [3.05, 3.63) is 30.1 Å². The zero-order valence-corrected chi connectivity index (χ0v) is 18.0. The van der Waals surface area contributed by atoms with Crippen molar-refractivity contribution in [1.29, 1.82) is 0 Å². The molecule has 3 N–H and O–H groups in total. The van der Waals surface area contributed by atoms with E-state index in [4.69, 9.17) is 4.74 Å². The molecule has 0 spiro atoms. The second-order valence-electron chi connectivity index (χ2n) is 7.82. The third-order valence-electron chi connectivity index (χ3n) is 5.30. The first-order chi connectivity index (χ1) is 14.9. The van der Waals surface area contributed by atoms with Crippen molar-refractivity contribution in [3.63, 3.8) is 0 Å². The highest BCUT2D eigenvalue weighted by atomic mass is 16.5. The van der Waals surface area contributed by atoms with Crippen LogP contribution in [0.4, 0.5) is 5.69 Å². The predicted molar refractivity (Wildman–Crippen MR) is 112 cm³/mol. The molecule has 3 rings (SSSR count). The van der Waals surface area contributed by atoms with Gasteiger partial charge in [-0.2, -0.15) is 0 Å². The van der Waals surface area contributed by atoms with Crippen molar-refractivity contribution in [2.75, 3.05) is 32.1 Å². The van der Waals surface area contributed by atoms with E-state index in [0.29, 0.717) is 30.1 Å². The van der Waals surface area contributed by atoms with Crippen LogP contribution in [0.15, 0.2) is 24.5 Å². The first-order valence-electron chi connectivity index (χ1n) is 10.3. The highest BCUT2D eigenvalue weighted by molar-refractivity contribution is 5.91. The van der Waals surface area contributed by atoms with Gasteiger partial charge in [-0.25, -0.2) is 4.68 Å². The van der Waals surface area contributed by atoms with E-state index in [0.717, 1.165) is 0 Å². The van der Waals surface area contributed by atoms with Crippen molar-refractivity contribution < 1.29 is 19.4 Å². The highest BCUT2D eigenvalue weighted by Crippen LogP contribution is 2.28. The van der Waals surface area contributed by atoms with Crippen LogP contribution < -0.4 is 15.4 Å². The molecule has 168 valence electrons. The molecule has 0 saturated carbocycles. The number of nitrogens with one attached hydrogen (secondary N) is 2. The van der Waals surface area contributed by atoms with Gasteiger partial charge in [0.15, 0.2) is 0 Å². The van der Waals surface area contributed by atoms with Gasteiger partial charge >= 0.3 is 0 Å². The Morgan fingerprint density at radius 1 is 1.42 bits per heavy atom. The molecule has 0 radical (unpaired) electrons. The van der Waals surface area contributed by atoms with Crippen molar-refractivity contribution in [3.8, 4) is 5.75 Å². The number of carbonyl (C=O) groups is 2. The topological polar surface area (TPSA) is 134 Å². The van der Waals surface area contributed by atoms with Crippen LogP contribution in [0, 0.1) is 5.92 Å². The Hall–Kier alpha value is -3.05. The number of rotatable bonds is 7. The van der Waals surface area contributed by atoms with Gasteiger partial charge < -0.3 is 25.4 Å². The minimum atomic E-state index is -0.300. The largest absolute Gasteiger partial charge is 0.488 e. The molecule has 3 atom stereocenters. The van der Waals surface area contributed by atoms with Crippen LogP contribution >= 0.6 is 0 Å². The van der Waals surface area contributed by atoms with E-state index in [1.807, 2.05) is 20.9 Å². The molecule has 2 heterocycles. The number of carbonyl (C=O) groups excluding carboxylic acids is 2. The second kappa shape index (κ2) is 10.3. The summed E-state index contributed by atoms with van der Waals surface area (Å²) in [5, 5.41) is 26.3.